The number of alkyl halides is 2. The van der Waals surface area contributed by atoms with Gasteiger partial charge >= 0.3 is 0 Å². The van der Waals surface area contributed by atoms with E-state index in [2.05, 4.69) is 12.1 Å². The van der Waals surface area contributed by atoms with Gasteiger partial charge in [-0.1, -0.05) is 43.7 Å². The maximum atomic E-state index is 13.2. The molecule has 0 amide bonds. The number of hydrogen-bond acceptors (Lipinski definition) is 1. The largest absolute Gasteiger partial charge is 0.501 e. The van der Waals surface area contributed by atoms with Crippen molar-refractivity contribution in [2.24, 2.45) is 0 Å². The van der Waals surface area contributed by atoms with E-state index in [1.165, 1.54) is 5.56 Å². The number of hydrogen-bond donors (Lipinski definition) is 0. The van der Waals surface area contributed by atoms with Crippen molar-refractivity contribution in [2.45, 2.75) is 51.4 Å². The van der Waals surface area contributed by atoms with Gasteiger partial charge in [-0.25, -0.2) is 8.78 Å². The number of halogens is 2. The summed E-state index contributed by atoms with van der Waals surface area (Å²) in [6.45, 7) is 2.40. The molecule has 0 unspecified atom stereocenters. The minimum Gasteiger partial charge on any atom is -0.501 e. The summed E-state index contributed by atoms with van der Waals surface area (Å²) >= 11 is 0. The van der Waals surface area contributed by atoms with Crippen molar-refractivity contribution >= 4 is 0 Å². The predicted octanol–water partition coefficient (Wildman–Crippen LogP) is 5.37. The molecule has 1 nitrogen and oxygen atoms in total. The summed E-state index contributed by atoms with van der Waals surface area (Å²) in [5.41, 5.74) is 1.30. The number of rotatable bonds is 10. The summed E-state index contributed by atoms with van der Waals surface area (Å²) in [6.07, 6.45) is 6.12. The fraction of sp³-hybridized carbons (Fsp3) is 0.529. The van der Waals surface area contributed by atoms with E-state index < -0.39 is 5.92 Å². The second kappa shape index (κ2) is 9.51. The number of aryl methyl sites for hydroxylation is 1. The highest BCUT2D eigenvalue weighted by atomic mass is 19.3. The van der Waals surface area contributed by atoms with Gasteiger partial charge in [-0.15, -0.1) is 0 Å². The monoisotopic (exact) mass is 282 g/mol. The zero-order chi connectivity index (χ0) is 14.7. The number of ether oxygens (including phenoxy) is 1. The number of unbranched alkanes of at least 4 members (excludes halogenated alkanes) is 2. The molecule has 0 aromatic heterocycles. The molecule has 0 heterocycles. The van der Waals surface area contributed by atoms with Crippen LogP contribution < -0.4 is 0 Å². The van der Waals surface area contributed by atoms with Crippen molar-refractivity contribution in [3.05, 3.63) is 48.2 Å². The first-order chi connectivity index (χ1) is 9.64. The van der Waals surface area contributed by atoms with Crippen LogP contribution in [0.3, 0.4) is 0 Å². The summed E-state index contributed by atoms with van der Waals surface area (Å²) in [5.74, 6) is -2.74. The van der Waals surface area contributed by atoms with E-state index in [4.69, 9.17) is 4.74 Å². The van der Waals surface area contributed by atoms with Crippen LogP contribution in [0.4, 0.5) is 8.78 Å². The van der Waals surface area contributed by atoms with Gasteiger partial charge < -0.3 is 4.74 Å². The van der Waals surface area contributed by atoms with Crippen molar-refractivity contribution in [1.29, 1.82) is 0 Å². The van der Waals surface area contributed by atoms with Crippen LogP contribution in [0.1, 0.15) is 44.6 Å². The lowest BCUT2D eigenvalue weighted by molar-refractivity contribution is 0.0397. The first-order valence-electron chi connectivity index (χ1n) is 7.35. The third kappa shape index (κ3) is 7.93. The van der Waals surface area contributed by atoms with Crippen molar-refractivity contribution in [3.63, 3.8) is 0 Å². The smallest absolute Gasteiger partial charge is 0.269 e. The standard InChI is InChI=1S/C17H24F2O/c1-2-3-12-17(18,19)13-15-20-14-8-7-11-16-9-5-4-6-10-16/h4-6,9-10,13,15H,2-3,7-8,11-12,14H2,1H3. The van der Waals surface area contributed by atoms with Gasteiger partial charge in [0.25, 0.3) is 5.92 Å². The van der Waals surface area contributed by atoms with Crippen molar-refractivity contribution in [2.75, 3.05) is 6.61 Å². The third-order valence-electron chi connectivity index (χ3n) is 3.09. The van der Waals surface area contributed by atoms with E-state index in [9.17, 15) is 8.78 Å². The van der Waals surface area contributed by atoms with Crippen molar-refractivity contribution in [3.8, 4) is 0 Å². The molecule has 1 aromatic rings. The molecule has 0 aliphatic carbocycles. The van der Waals surface area contributed by atoms with Gasteiger partial charge in [-0.3, -0.25) is 0 Å². The quantitative estimate of drug-likeness (QED) is 0.414. The SMILES string of the molecule is CCCCC(F)(F)C=COCCCCc1ccccc1. The molecule has 0 aliphatic heterocycles. The molecule has 20 heavy (non-hydrogen) atoms. The van der Waals surface area contributed by atoms with Gasteiger partial charge in [0.15, 0.2) is 0 Å². The predicted molar refractivity (Wildman–Crippen MR) is 78.9 cm³/mol. The van der Waals surface area contributed by atoms with E-state index in [1.54, 1.807) is 0 Å². The Hall–Kier alpha value is -1.38. The first-order valence-corrected chi connectivity index (χ1v) is 7.35. The zero-order valence-corrected chi connectivity index (χ0v) is 12.2. The molecule has 0 bridgehead atoms. The minimum absolute atomic E-state index is 0.0998. The van der Waals surface area contributed by atoms with Crippen LogP contribution in [0.2, 0.25) is 0 Å². The van der Waals surface area contributed by atoms with Crippen LogP contribution in [-0.2, 0) is 11.2 Å². The second-order valence-corrected chi connectivity index (χ2v) is 4.98. The highest BCUT2D eigenvalue weighted by Crippen LogP contribution is 2.22. The Morgan fingerprint density at radius 1 is 1.10 bits per heavy atom. The van der Waals surface area contributed by atoms with Gasteiger partial charge in [0, 0.05) is 12.5 Å². The van der Waals surface area contributed by atoms with Gasteiger partial charge in [0.1, 0.15) is 0 Å². The molecule has 1 aromatic carbocycles. The lowest BCUT2D eigenvalue weighted by atomic mass is 10.1. The Bertz CT molecular complexity index is 374. The normalized spacial score (nSPS) is 11.9. The number of allylic oxidation sites excluding steroid dienone is 1. The Labute approximate surface area is 120 Å². The van der Waals surface area contributed by atoms with Crippen LogP contribution in [0.25, 0.3) is 0 Å². The molecule has 0 atom stereocenters. The Balaban J connectivity index is 2.07. The van der Waals surface area contributed by atoms with Gasteiger partial charge in [-0.2, -0.15) is 0 Å². The Kier molecular flexibility index (Phi) is 7.93. The minimum atomic E-state index is -2.74. The average molecular weight is 282 g/mol. The van der Waals surface area contributed by atoms with Crippen LogP contribution in [0, 0.1) is 0 Å². The summed E-state index contributed by atoms with van der Waals surface area (Å²) in [4.78, 5) is 0. The molecular formula is C17H24F2O. The maximum Gasteiger partial charge on any atom is 0.269 e. The average Bonchev–Trinajstić information content (AvgIpc) is 2.45. The van der Waals surface area contributed by atoms with E-state index >= 15 is 0 Å². The summed E-state index contributed by atoms with van der Waals surface area (Å²) in [6, 6.07) is 10.2. The van der Waals surface area contributed by atoms with E-state index in [0.29, 0.717) is 13.0 Å². The summed E-state index contributed by atoms with van der Waals surface area (Å²) in [5, 5.41) is 0. The van der Waals surface area contributed by atoms with E-state index in [0.717, 1.165) is 38.0 Å². The fourth-order valence-corrected chi connectivity index (χ4v) is 1.87. The van der Waals surface area contributed by atoms with E-state index in [-0.39, 0.29) is 6.42 Å². The molecule has 0 aliphatic rings. The lowest BCUT2D eigenvalue weighted by Crippen LogP contribution is -2.11. The molecule has 112 valence electrons. The molecule has 1 rings (SSSR count). The summed E-state index contributed by atoms with van der Waals surface area (Å²) in [7, 11) is 0. The van der Waals surface area contributed by atoms with Crippen molar-refractivity contribution < 1.29 is 13.5 Å². The van der Waals surface area contributed by atoms with E-state index in [1.807, 2.05) is 25.1 Å². The first kappa shape index (κ1) is 16.7. The van der Waals surface area contributed by atoms with Gasteiger partial charge in [0.2, 0.25) is 0 Å². The van der Waals surface area contributed by atoms with Crippen LogP contribution in [-0.4, -0.2) is 12.5 Å². The van der Waals surface area contributed by atoms with Crippen LogP contribution in [0.5, 0.6) is 0 Å². The molecule has 0 N–H and O–H groups in total. The fourth-order valence-electron chi connectivity index (χ4n) is 1.87. The van der Waals surface area contributed by atoms with Gasteiger partial charge in [0.05, 0.1) is 12.9 Å². The number of benzene rings is 1. The Morgan fingerprint density at radius 2 is 1.85 bits per heavy atom. The molecule has 0 saturated heterocycles. The molecule has 0 radical (unpaired) electrons. The Morgan fingerprint density at radius 3 is 2.55 bits per heavy atom. The van der Waals surface area contributed by atoms with Crippen LogP contribution >= 0.6 is 0 Å². The highest BCUT2D eigenvalue weighted by Gasteiger charge is 2.23. The molecule has 0 fully saturated rings. The second-order valence-electron chi connectivity index (χ2n) is 4.98. The molecule has 0 spiro atoms. The zero-order valence-electron chi connectivity index (χ0n) is 12.2. The summed E-state index contributed by atoms with van der Waals surface area (Å²) < 4.78 is 31.6. The molecule has 0 saturated carbocycles. The highest BCUT2D eigenvalue weighted by molar-refractivity contribution is 5.14. The molecule has 3 heteroatoms. The molecular weight excluding hydrogens is 258 g/mol. The third-order valence-corrected chi connectivity index (χ3v) is 3.09. The van der Waals surface area contributed by atoms with Crippen molar-refractivity contribution in [1.82, 2.24) is 0 Å². The topological polar surface area (TPSA) is 9.23 Å². The lowest BCUT2D eigenvalue weighted by Gasteiger charge is -2.10. The van der Waals surface area contributed by atoms with Crippen LogP contribution in [0.15, 0.2) is 42.7 Å². The maximum absolute atomic E-state index is 13.2. The van der Waals surface area contributed by atoms with Gasteiger partial charge in [-0.05, 0) is 31.2 Å².